The first-order chi connectivity index (χ1) is 10.2. The van der Waals surface area contributed by atoms with Crippen molar-refractivity contribution in [3.63, 3.8) is 0 Å². The van der Waals surface area contributed by atoms with Crippen molar-refractivity contribution in [1.82, 2.24) is 10.2 Å². The molecule has 4 heteroatoms. The van der Waals surface area contributed by atoms with E-state index in [2.05, 4.69) is 11.9 Å². The molecular weight excluding hydrogens is 267 g/mol. The molecule has 1 saturated heterocycles. The summed E-state index contributed by atoms with van der Waals surface area (Å²) in [5.41, 5.74) is 0.681. The van der Waals surface area contributed by atoms with Crippen molar-refractivity contribution in [1.29, 1.82) is 0 Å². The maximum absolute atomic E-state index is 13.6. The van der Waals surface area contributed by atoms with Gasteiger partial charge in [0.25, 0.3) is 0 Å². The van der Waals surface area contributed by atoms with Crippen LogP contribution in [-0.2, 0) is 11.2 Å². The summed E-state index contributed by atoms with van der Waals surface area (Å²) in [5, 5.41) is 3.26. The molecule has 0 aromatic heterocycles. The van der Waals surface area contributed by atoms with Crippen molar-refractivity contribution < 1.29 is 9.18 Å². The quantitative estimate of drug-likeness (QED) is 0.589. The molecule has 1 aromatic rings. The van der Waals surface area contributed by atoms with Crippen molar-refractivity contribution in [2.24, 2.45) is 0 Å². The zero-order valence-electron chi connectivity index (χ0n) is 12.4. The molecule has 1 unspecified atom stereocenters. The number of rotatable bonds is 8. The number of halogens is 1. The van der Waals surface area contributed by atoms with Crippen LogP contribution in [0.4, 0.5) is 4.39 Å². The lowest BCUT2D eigenvalue weighted by Crippen LogP contribution is -2.36. The highest BCUT2D eigenvalue weighted by molar-refractivity contribution is 5.78. The Labute approximate surface area is 125 Å². The summed E-state index contributed by atoms with van der Waals surface area (Å²) in [4.78, 5) is 13.9. The summed E-state index contributed by atoms with van der Waals surface area (Å²) in [7, 11) is 0. The third kappa shape index (κ3) is 4.39. The number of hydrogen-bond acceptors (Lipinski definition) is 2. The minimum absolute atomic E-state index is 0.187. The standard InChI is InChI=1S/C17H23FN2O/c1-2-11-19-12-9-15-7-8-17(21)20(15)13-10-14-5-3-4-6-16(14)18/h2-6,15,19H,1,7-13H2. The molecule has 1 fully saturated rings. The van der Waals surface area contributed by atoms with E-state index in [1.54, 1.807) is 12.1 Å². The van der Waals surface area contributed by atoms with E-state index >= 15 is 0 Å². The minimum Gasteiger partial charge on any atom is -0.339 e. The molecule has 0 radical (unpaired) electrons. The molecule has 0 saturated carbocycles. The van der Waals surface area contributed by atoms with Crippen LogP contribution < -0.4 is 5.32 Å². The fourth-order valence-electron chi connectivity index (χ4n) is 2.82. The van der Waals surface area contributed by atoms with Gasteiger partial charge >= 0.3 is 0 Å². The molecule has 1 amide bonds. The molecule has 1 heterocycles. The largest absolute Gasteiger partial charge is 0.339 e. The summed E-state index contributed by atoms with van der Waals surface area (Å²) in [6, 6.07) is 7.06. The molecule has 1 atom stereocenters. The van der Waals surface area contributed by atoms with Crippen LogP contribution in [0.5, 0.6) is 0 Å². The van der Waals surface area contributed by atoms with E-state index in [1.165, 1.54) is 6.07 Å². The molecule has 0 bridgehead atoms. The fraction of sp³-hybridized carbons (Fsp3) is 0.471. The zero-order valence-corrected chi connectivity index (χ0v) is 12.4. The Bertz CT molecular complexity index is 489. The predicted octanol–water partition coefficient (Wildman–Crippen LogP) is 2.52. The number of likely N-dealkylation sites (tertiary alicyclic amines) is 1. The zero-order chi connectivity index (χ0) is 15.1. The predicted molar refractivity (Wildman–Crippen MR) is 82.5 cm³/mol. The molecular formula is C17H23FN2O. The van der Waals surface area contributed by atoms with Gasteiger partial charge in [0.15, 0.2) is 0 Å². The van der Waals surface area contributed by atoms with Crippen molar-refractivity contribution in [3.05, 3.63) is 48.3 Å². The number of benzene rings is 1. The number of amides is 1. The van der Waals surface area contributed by atoms with Gasteiger partial charge in [0, 0.05) is 25.6 Å². The van der Waals surface area contributed by atoms with E-state index < -0.39 is 0 Å². The first-order valence-corrected chi connectivity index (χ1v) is 7.57. The summed E-state index contributed by atoms with van der Waals surface area (Å²) in [6.07, 6.45) is 4.87. The Morgan fingerprint density at radius 2 is 2.24 bits per heavy atom. The Hall–Kier alpha value is -1.68. The van der Waals surface area contributed by atoms with Gasteiger partial charge in [-0.2, -0.15) is 0 Å². The first-order valence-electron chi connectivity index (χ1n) is 7.57. The SMILES string of the molecule is C=CCNCCC1CCC(=O)N1CCc1ccccc1F. The van der Waals surface area contributed by atoms with Gasteiger partial charge in [-0.05, 0) is 37.4 Å². The van der Waals surface area contributed by atoms with E-state index in [1.807, 2.05) is 17.0 Å². The Morgan fingerprint density at radius 1 is 1.43 bits per heavy atom. The maximum Gasteiger partial charge on any atom is 0.222 e. The molecule has 1 aliphatic heterocycles. The van der Waals surface area contributed by atoms with Crippen LogP contribution in [-0.4, -0.2) is 36.5 Å². The molecule has 0 spiro atoms. The molecule has 0 aliphatic carbocycles. The summed E-state index contributed by atoms with van der Waals surface area (Å²) in [5.74, 6) is 0.00778. The van der Waals surface area contributed by atoms with E-state index in [0.717, 1.165) is 25.9 Å². The third-order valence-electron chi connectivity index (χ3n) is 3.98. The smallest absolute Gasteiger partial charge is 0.222 e. The topological polar surface area (TPSA) is 32.3 Å². The molecule has 1 N–H and O–H groups in total. The van der Waals surface area contributed by atoms with Gasteiger partial charge in [0.2, 0.25) is 5.91 Å². The van der Waals surface area contributed by atoms with Crippen molar-refractivity contribution in [2.75, 3.05) is 19.6 Å². The van der Waals surface area contributed by atoms with Gasteiger partial charge in [0.05, 0.1) is 0 Å². The van der Waals surface area contributed by atoms with Crippen LogP contribution in [0.3, 0.4) is 0 Å². The fourth-order valence-corrected chi connectivity index (χ4v) is 2.82. The lowest BCUT2D eigenvalue weighted by Gasteiger charge is -2.25. The first kappa shape index (κ1) is 15.7. The summed E-state index contributed by atoms with van der Waals surface area (Å²) < 4.78 is 13.6. The van der Waals surface area contributed by atoms with Crippen LogP contribution in [0.2, 0.25) is 0 Å². The van der Waals surface area contributed by atoms with Gasteiger partial charge in [-0.25, -0.2) is 4.39 Å². The number of carbonyl (C=O) groups excluding carboxylic acids is 1. The summed E-state index contributed by atoms with van der Waals surface area (Å²) >= 11 is 0. The van der Waals surface area contributed by atoms with Crippen LogP contribution in [0.1, 0.15) is 24.8 Å². The summed E-state index contributed by atoms with van der Waals surface area (Å²) in [6.45, 7) is 5.93. The van der Waals surface area contributed by atoms with E-state index in [4.69, 9.17) is 0 Å². The number of nitrogens with one attached hydrogen (secondary N) is 1. The second-order valence-electron chi connectivity index (χ2n) is 5.40. The maximum atomic E-state index is 13.6. The van der Waals surface area contributed by atoms with Gasteiger partial charge in [-0.3, -0.25) is 4.79 Å². The van der Waals surface area contributed by atoms with Crippen molar-refractivity contribution in [3.8, 4) is 0 Å². The lowest BCUT2D eigenvalue weighted by molar-refractivity contribution is -0.129. The van der Waals surface area contributed by atoms with Crippen LogP contribution >= 0.6 is 0 Å². The van der Waals surface area contributed by atoms with E-state index in [-0.39, 0.29) is 17.8 Å². The number of nitrogens with zero attached hydrogens (tertiary/aromatic N) is 1. The third-order valence-corrected chi connectivity index (χ3v) is 3.98. The van der Waals surface area contributed by atoms with Gasteiger partial charge < -0.3 is 10.2 Å². The highest BCUT2D eigenvalue weighted by Crippen LogP contribution is 2.22. The molecule has 114 valence electrons. The number of hydrogen-bond donors (Lipinski definition) is 1. The molecule has 2 rings (SSSR count). The van der Waals surface area contributed by atoms with Crippen molar-refractivity contribution in [2.45, 2.75) is 31.7 Å². The Morgan fingerprint density at radius 3 is 3.00 bits per heavy atom. The van der Waals surface area contributed by atoms with Crippen LogP contribution in [0.15, 0.2) is 36.9 Å². The van der Waals surface area contributed by atoms with Crippen LogP contribution in [0, 0.1) is 5.82 Å². The average molecular weight is 290 g/mol. The highest BCUT2D eigenvalue weighted by Gasteiger charge is 2.29. The van der Waals surface area contributed by atoms with Gasteiger partial charge in [-0.1, -0.05) is 24.3 Å². The number of carbonyl (C=O) groups is 1. The lowest BCUT2D eigenvalue weighted by atomic mass is 10.1. The Kier molecular flexibility index (Phi) is 5.93. The monoisotopic (exact) mass is 290 g/mol. The molecule has 3 nitrogen and oxygen atoms in total. The minimum atomic E-state index is -0.187. The van der Waals surface area contributed by atoms with E-state index in [0.29, 0.717) is 24.9 Å². The van der Waals surface area contributed by atoms with E-state index in [9.17, 15) is 9.18 Å². The normalized spacial score (nSPS) is 18.2. The van der Waals surface area contributed by atoms with Gasteiger partial charge in [0.1, 0.15) is 5.82 Å². The van der Waals surface area contributed by atoms with Crippen LogP contribution in [0.25, 0.3) is 0 Å². The average Bonchev–Trinajstić information content (AvgIpc) is 2.83. The van der Waals surface area contributed by atoms with Gasteiger partial charge in [-0.15, -0.1) is 6.58 Å². The molecule has 1 aliphatic rings. The van der Waals surface area contributed by atoms with Crippen molar-refractivity contribution >= 4 is 5.91 Å². The molecule has 21 heavy (non-hydrogen) atoms. The highest BCUT2D eigenvalue weighted by atomic mass is 19.1. The second-order valence-corrected chi connectivity index (χ2v) is 5.40. The second kappa shape index (κ2) is 7.93. The molecule has 1 aromatic carbocycles. The Balaban J connectivity index is 1.85.